The van der Waals surface area contributed by atoms with Crippen molar-refractivity contribution < 1.29 is 0 Å². The van der Waals surface area contributed by atoms with Crippen molar-refractivity contribution >= 4 is 31.5 Å². The minimum Gasteiger partial charge on any atom is -0.208 e. The number of hydrogen-bond acceptors (Lipinski definition) is 4. The minimum absolute atomic E-state index is 0.548. The van der Waals surface area contributed by atoms with Crippen LogP contribution in [0, 0.1) is 0 Å². The largest absolute Gasteiger partial charge is 0.208 e. The van der Waals surface area contributed by atoms with Gasteiger partial charge in [-0.15, -0.1) is 11.3 Å². The molecule has 0 saturated heterocycles. The highest BCUT2D eigenvalue weighted by Crippen LogP contribution is 2.58. The standard InChI is InChI=1S/C64H41N3S/c1-4-17-42(18-5-1)47-19-14-20-48(41-47)62-65-61(46-39-35-44(36-40-46)43-33-37-45(38-34-43)51-27-15-28-53-52-25-11-13-32-58(52)68-60(51)53)66-63(67-62)55-29-16-31-57-59(55)54-26-10-12-30-56(54)64(57,49-21-6-2-7-22-49)50-23-8-3-9-24-50/h1-41H. The summed E-state index contributed by atoms with van der Waals surface area (Å²) in [6, 6.07) is 89.3. The van der Waals surface area contributed by atoms with Crippen molar-refractivity contribution in [2.24, 2.45) is 0 Å². The fourth-order valence-electron chi connectivity index (χ4n) is 10.5. The molecule has 1 aliphatic rings. The van der Waals surface area contributed by atoms with E-state index in [9.17, 15) is 0 Å². The molecule has 4 heteroatoms. The summed E-state index contributed by atoms with van der Waals surface area (Å²) in [7, 11) is 0. The summed E-state index contributed by atoms with van der Waals surface area (Å²) in [5, 5.41) is 2.63. The first-order valence-electron chi connectivity index (χ1n) is 23.1. The van der Waals surface area contributed by atoms with Crippen LogP contribution in [-0.4, -0.2) is 15.0 Å². The van der Waals surface area contributed by atoms with Crippen molar-refractivity contribution in [2.75, 3.05) is 0 Å². The second-order valence-electron chi connectivity index (χ2n) is 17.4. The maximum atomic E-state index is 5.39. The van der Waals surface area contributed by atoms with E-state index in [0.717, 1.165) is 44.5 Å². The van der Waals surface area contributed by atoms with Gasteiger partial charge in [0.15, 0.2) is 17.5 Å². The first-order chi connectivity index (χ1) is 33.7. The molecule has 0 atom stereocenters. The molecule has 12 aromatic rings. The van der Waals surface area contributed by atoms with Crippen LogP contribution in [0.5, 0.6) is 0 Å². The third-order valence-electron chi connectivity index (χ3n) is 13.7. The Morgan fingerprint density at radius 1 is 0.294 bits per heavy atom. The fourth-order valence-corrected chi connectivity index (χ4v) is 11.8. The van der Waals surface area contributed by atoms with Crippen LogP contribution in [0.4, 0.5) is 0 Å². The Morgan fingerprint density at radius 3 is 1.50 bits per heavy atom. The zero-order valence-electron chi connectivity index (χ0n) is 36.9. The Labute approximate surface area is 399 Å². The average molecular weight is 884 g/mol. The smallest absolute Gasteiger partial charge is 0.164 e. The molecule has 1 aliphatic carbocycles. The molecule has 0 radical (unpaired) electrons. The molecule has 2 heterocycles. The first kappa shape index (κ1) is 39.8. The van der Waals surface area contributed by atoms with Gasteiger partial charge in [-0.05, 0) is 78.9 Å². The summed E-state index contributed by atoms with van der Waals surface area (Å²) in [6.07, 6.45) is 0. The summed E-state index contributed by atoms with van der Waals surface area (Å²) in [5.41, 5.74) is 16.5. The van der Waals surface area contributed by atoms with E-state index in [1.807, 2.05) is 17.4 Å². The van der Waals surface area contributed by atoms with E-state index in [0.29, 0.717) is 17.5 Å². The number of fused-ring (bicyclic) bond motifs is 6. The van der Waals surface area contributed by atoms with Crippen LogP contribution in [0.1, 0.15) is 22.3 Å². The lowest BCUT2D eigenvalue weighted by Gasteiger charge is -2.33. The van der Waals surface area contributed by atoms with Gasteiger partial charge in [0.25, 0.3) is 0 Å². The third kappa shape index (κ3) is 6.52. The Hall–Kier alpha value is -8.57. The van der Waals surface area contributed by atoms with Crippen LogP contribution < -0.4 is 0 Å². The zero-order chi connectivity index (χ0) is 45.0. The van der Waals surface area contributed by atoms with Crippen LogP contribution >= 0.6 is 11.3 Å². The highest BCUT2D eigenvalue weighted by atomic mass is 32.1. The monoisotopic (exact) mass is 883 g/mol. The number of rotatable bonds is 8. The summed E-state index contributed by atoms with van der Waals surface area (Å²) < 4.78 is 2.64. The van der Waals surface area contributed by atoms with Gasteiger partial charge in [0.2, 0.25) is 0 Å². The van der Waals surface area contributed by atoms with Crippen LogP contribution in [0.25, 0.3) is 98.8 Å². The molecule has 0 aliphatic heterocycles. The quantitative estimate of drug-likeness (QED) is 0.153. The SMILES string of the molecule is c1ccc(-c2cccc(-c3nc(-c4ccc(-c5ccc(-c6cccc7c6sc6ccccc67)cc5)cc4)nc(-c4cccc5c4-c4ccccc4C5(c4ccccc4)c4ccccc4)n3)c2)cc1. The highest BCUT2D eigenvalue weighted by Gasteiger charge is 2.47. The molecule has 13 rings (SSSR count). The van der Waals surface area contributed by atoms with Gasteiger partial charge in [-0.2, -0.15) is 0 Å². The second kappa shape index (κ2) is 16.4. The van der Waals surface area contributed by atoms with Crippen LogP contribution in [0.2, 0.25) is 0 Å². The van der Waals surface area contributed by atoms with E-state index in [1.54, 1.807) is 0 Å². The number of nitrogens with zero attached hydrogens (tertiary/aromatic N) is 3. The summed E-state index contributed by atoms with van der Waals surface area (Å²) in [5.74, 6) is 1.87. The summed E-state index contributed by atoms with van der Waals surface area (Å²) in [6.45, 7) is 0. The van der Waals surface area contributed by atoms with Gasteiger partial charge in [0, 0.05) is 36.9 Å². The number of aromatic nitrogens is 3. The lowest BCUT2D eigenvalue weighted by Crippen LogP contribution is -2.28. The van der Waals surface area contributed by atoms with Gasteiger partial charge in [-0.1, -0.05) is 237 Å². The maximum Gasteiger partial charge on any atom is 0.164 e. The molecule has 2 aromatic heterocycles. The van der Waals surface area contributed by atoms with Crippen molar-refractivity contribution in [1.29, 1.82) is 0 Å². The van der Waals surface area contributed by atoms with E-state index < -0.39 is 5.41 Å². The Bertz CT molecular complexity index is 3780. The summed E-state index contributed by atoms with van der Waals surface area (Å²) in [4.78, 5) is 16.0. The van der Waals surface area contributed by atoms with Crippen LogP contribution in [0.15, 0.2) is 249 Å². The van der Waals surface area contributed by atoms with Gasteiger partial charge in [-0.25, -0.2) is 15.0 Å². The van der Waals surface area contributed by atoms with E-state index in [2.05, 4.69) is 243 Å². The van der Waals surface area contributed by atoms with Crippen LogP contribution in [0.3, 0.4) is 0 Å². The van der Waals surface area contributed by atoms with E-state index in [-0.39, 0.29) is 0 Å². The van der Waals surface area contributed by atoms with Crippen LogP contribution in [-0.2, 0) is 5.41 Å². The molecule has 0 fully saturated rings. The van der Waals surface area contributed by atoms with E-state index in [4.69, 9.17) is 15.0 Å². The molecule has 0 unspecified atom stereocenters. The molecular weight excluding hydrogens is 843 g/mol. The number of thiophene rings is 1. The van der Waals surface area contributed by atoms with Crippen molar-refractivity contribution in [2.45, 2.75) is 5.41 Å². The van der Waals surface area contributed by atoms with Crippen molar-refractivity contribution in [3.63, 3.8) is 0 Å². The summed E-state index contributed by atoms with van der Waals surface area (Å²) >= 11 is 1.87. The molecule has 68 heavy (non-hydrogen) atoms. The molecule has 0 amide bonds. The predicted octanol–water partition coefficient (Wildman–Crippen LogP) is 16.6. The highest BCUT2D eigenvalue weighted by molar-refractivity contribution is 7.26. The lowest BCUT2D eigenvalue weighted by molar-refractivity contribution is 0.768. The average Bonchev–Trinajstić information content (AvgIpc) is 3.96. The first-order valence-corrected chi connectivity index (χ1v) is 23.9. The van der Waals surface area contributed by atoms with Gasteiger partial charge in [-0.3, -0.25) is 0 Å². The third-order valence-corrected chi connectivity index (χ3v) is 14.9. The molecule has 0 bridgehead atoms. The van der Waals surface area contributed by atoms with Gasteiger partial charge < -0.3 is 0 Å². The van der Waals surface area contributed by atoms with Gasteiger partial charge >= 0.3 is 0 Å². The molecular formula is C64H41N3S. The zero-order valence-corrected chi connectivity index (χ0v) is 37.7. The molecule has 10 aromatic carbocycles. The Balaban J connectivity index is 0.941. The second-order valence-corrected chi connectivity index (χ2v) is 18.5. The topological polar surface area (TPSA) is 38.7 Å². The number of hydrogen-bond donors (Lipinski definition) is 0. The minimum atomic E-state index is -0.548. The van der Waals surface area contributed by atoms with Gasteiger partial charge in [0.1, 0.15) is 0 Å². The predicted molar refractivity (Wildman–Crippen MR) is 283 cm³/mol. The van der Waals surface area contributed by atoms with E-state index in [1.165, 1.54) is 59.1 Å². The normalized spacial score (nSPS) is 12.5. The lowest BCUT2D eigenvalue weighted by atomic mass is 9.67. The molecule has 0 saturated carbocycles. The van der Waals surface area contributed by atoms with Crippen molar-refractivity contribution in [3.8, 4) is 78.7 Å². The Kier molecular flexibility index (Phi) is 9.59. The molecule has 318 valence electrons. The van der Waals surface area contributed by atoms with E-state index >= 15 is 0 Å². The molecule has 0 spiro atoms. The fraction of sp³-hybridized carbons (Fsp3) is 0.0156. The maximum absolute atomic E-state index is 5.39. The van der Waals surface area contributed by atoms with Gasteiger partial charge in [0.05, 0.1) is 5.41 Å². The molecule has 3 nitrogen and oxygen atoms in total. The molecule has 0 N–H and O–H groups in total. The van der Waals surface area contributed by atoms with Crippen molar-refractivity contribution in [3.05, 3.63) is 271 Å². The number of benzene rings is 10. The van der Waals surface area contributed by atoms with Crippen molar-refractivity contribution in [1.82, 2.24) is 15.0 Å². The Morgan fingerprint density at radius 2 is 0.765 bits per heavy atom.